The summed E-state index contributed by atoms with van der Waals surface area (Å²) >= 11 is 0. The third-order valence-corrected chi connectivity index (χ3v) is 4.89. The van der Waals surface area contributed by atoms with Crippen molar-refractivity contribution in [3.05, 3.63) is 52.8 Å². The van der Waals surface area contributed by atoms with Crippen molar-refractivity contribution >= 4 is 5.91 Å². The first-order chi connectivity index (χ1) is 12.4. The van der Waals surface area contributed by atoms with Crippen molar-refractivity contribution in [2.24, 2.45) is 0 Å². The Morgan fingerprint density at radius 3 is 2.46 bits per heavy atom. The number of piperazine rings is 1. The smallest absolute Gasteiger partial charge is 0.282 e. The third-order valence-electron chi connectivity index (χ3n) is 4.89. The lowest BCUT2D eigenvalue weighted by atomic mass is 10.1. The maximum atomic E-state index is 12.7. The lowest BCUT2D eigenvalue weighted by Crippen LogP contribution is -2.49. The van der Waals surface area contributed by atoms with E-state index in [1.54, 1.807) is 11.8 Å². The van der Waals surface area contributed by atoms with Gasteiger partial charge in [-0.2, -0.15) is 5.10 Å². The van der Waals surface area contributed by atoms with Gasteiger partial charge >= 0.3 is 0 Å². The number of aromatic nitrogens is 2. The minimum atomic E-state index is -2.62. The van der Waals surface area contributed by atoms with Gasteiger partial charge in [0.2, 0.25) is 5.91 Å². The Balaban J connectivity index is 1.53. The molecule has 3 rings (SSSR count). The molecular formula is C19H24F2N4O. The predicted octanol–water partition coefficient (Wildman–Crippen LogP) is 2.78. The van der Waals surface area contributed by atoms with Gasteiger partial charge < -0.3 is 4.90 Å². The van der Waals surface area contributed by atoms with Gasteiger partial charge in [-0.1, -0.05) is 24.3 Å². The van der Waals surface area contributed by atoms with E-state index in [0.29, 0.717) is 18.8 Å². The second kappa shape index (κ2) is 7.95. The molecule has 26 heavy (non-hydrogen) atoms. The van der Waals surface area contributed by atoms with E-state index in [2.05, 4.69) is 29.1 Å². The molecule has 0 unspecified atom stereocenters. The fourth-order valence-corrected chi connectivity index (χ4v) is 3.21. The van der Waals surface area contributed by atoms with Crippen molar-refractivity contribution in [3.8, 4) is 0 Å². The molecule has 1 saturated heterocycles. The molecule has 140 valence electrons. The van der Waals surface area contributed by atoms with Crippen molar-refractivity contribution in [3.63, 3.8) is 0 Å². The molecule has 1 amide bonds. The average molecular weight is 362 g/mol. The Morgan fingerprint density at radius 1 is 1.15 bits per heavy atom. The number of benzene rings is 1. The van der Waals surface area contributed by atoms with Crippen LogP contribution in [0.2, 0.25) is 0 Å². The Labute approximate surface area is 152 Å². The molecule has 0 bridgehead atoms. The molecule has 0 N–H and O–H groups in total. The summed E-state index contributed by atoms with van der Waals surface area (Å²) in [5.74, 6) is -0.0763. The average Bonchev–Trinajstić information content (AvgIpc) is 2.98. The summed E-state index contributed by atoms with van der Waals surface area (Å²) in [5, 5.41) is 3.83. The van der Waals surface area contributed by atoms with Gasteiger partial charge in [0.15, 0.2) is 0 Å². The second-order valence-corrected chi connectivity index (χ2v) is 6.75. The van der Waals surface area contributed by atoms with Crippen molar-refractivity contribution in [1.29, 1.82) is 0 Å². The first kappa shape index (κ1) is 18.5. The molecule has 2 aromatic rings. The third kappa shape index (κ3) is 4.27. The first-order valence-electron chi connectivity index (χ1n) is 8.81. The monoisotopic (exact) mass is 362 g/mol. The van der Waals surface area contributed by atoms with Crippen molar-refractivity contribution in [1.82, 2.24) is 19.6 Å². The molecule has 0 saturated carbocycles. The van der Waals surface area contributed by atoms with Crippen LogP contribution < -0.4 is 0 Å². The van der Waals surface area contributed by atoms with Gasteiger partial charge in [0.25, 0.3) is 6.43 Å². The highest BCUT2D eigenvalue weighted by molar-refractivity contribution is 5.76. The largest absolute Gasteiger partial charge is 0.339 e. The van der Waals surface area contributed by atoms with Crippen LogP contribution in [-0.2, 0) is 17.9 Å². The van der Waals surface area contributed by atoms with Gasteiger partial charge in [0.05, 0.1) is 0 Å². The molecule has 2 heterocycles. The minimum absolute atomic E-state index is 0.0103. The van der Waals surface area contributed by atoms with Gasteiger partial charge in [-0.3, -0.25) is 14.4 Å². The Morgan fingerprint density at radius 2 is 1.85 bits per heavy atom. The highest BCUT2D eigenvalue weighted by atomic mass is 19.3. The Kier molecular flexibility index (Phi) is 5.66. The molecule has 1 aromatic heterocycles. The molecule has 0 spiro atoms. The van der Waals surface area contributed by atoms with Crippen molar-refractivity contribution in [2.75, 3.05) is 26.2 Å². The zero-order valence-electron chi connectivity index (χ0n) is 15.2. The van der Waals surface area contributed by atoms with E-state index >= 15 is 0 Å². The van der Waals surface area contributed by atoms with Crippen molar-refractivity contribution < 1.29 is 13.6 Å². The van der Waals surface area contributed by atoms with Crippen LogP contribution in [0, 0.1) is 13.8 Å². The lowest BCUT2D eigenvalue weighted by Gasteiger charge is -2.35. The number of aryl methyl sites for hydroxylation is 2. The first-order valence-corrected chi connectivity index (χ1v) is 8.81. The number of rotatable bonds is 5. The minimum Gasteiger partial charge on any atom is -0.339 e. The van der Waals surface area contributed by atoms with E-state index in [1.165, 1.54) is 21.9 Å². The fourth-order valence-electron chi connectivity index (χ4n) is 3.21. The Bertz CT molecular complexity index is 767. The van der Waals surface area contributed by atoms with Crippen LogP contribution in [0.1, 0.15) is 28.9 Å². The highest BCUT2D eigenvalue weighted by Crippen LogP contribution is 2.18. The summed E-state index contributed by atoms with van der Waals surface area (Å²) < 4.78 is 26.8. The maximum absolute atomic E-state index is 12.7. The van der Waals surface area contributed by atoms with Gasteiger partial charge in [-0.25, -0.2) is 8.78 Å². The number of hydrogen-bond acceptors (Lipinski definition) is 3. The number of amides is 1. The summed E-state index contributed by atoms with van der Waals surface area (Å²) in [7, 11) is 0. The quantitative estimate of drug-likeness (QED) is 0.821. The van der Waals surface area contributed by atoms with Crippen LogP contribution in [0.5, 0.6) is 0 Å². The molecule has 0 radical (unpaired) electrons. The van der Waals surface area contributed by atoms with Gasteiger partial charge in [0, 0.05) is 38.4 Å². The van der Waals surface area contributed by atoms with E-state index in [4.69, 9.17) is 0 Å². The van der Waals surface area contributed by atoms with Gasteiger partial charge in [0.1, 0.15) is 12.2 Å². The van der Waals surface area contributed by atoms with Crippen LogP contribution in [-0.4, -0.2) is 51.7 Å². The van der Waals surface area contributed by atoms with E-state index in [-0.39, 0.29) is 18.1 Å². The van der Waals surface area contributed by atoms with E-state index in [0.717, 1.165) is 19.6 Å². The van der Waals surface area contributed by atoms with E-state index in [1.807, 2.05) is 12.1 Å². The highest BCUT2D eigenvalue weighted by Gasteiger charge is 2.23. The SMILES string of the molecule is Cc1ccccc1CN1CCN(C(=O)Cn2nc(C(F)F)cc2C)CC1. The zero-order valence-corrected chi connectivity index (χ0v) is 15.2. The standard InChI is InChI=1S/C19H24F2N4O/c1-14-5-3-4-6-16(14)12-23-7-9-24(10-8-23)18(26)13-25-15(2)11-17(22-25)19(20)21/h3-6,11,19H,7-10,12-13H2,1-2H3. The molecule has 1 aliphatic heterocycles. The summed E-state index contributed by atoms with van der Waals surface area (Å²) in [6, 6.07) is 9.65. The molecule has 5 nitrogen and oxygen atoms in total. The molecular weight excluding hydrogens is 338 g/mol. The van der Waals surface area contributed by atoms with Crippen LogP contribution >= 0.6 is 0 Å². The predicted molar refractivity (Wildman–Crippen MR) is 95.0 cm³/mol. The number of nitrogens with zero attached hydrogens (tertiary/aromatic N) is 4. The van der Waals surface area contributed by atoms with Gasteiger partial charge in [-0.15, -0.1) is 0 Å². The topological polar surface area (TPSA) is 41.4 Å². The molecule has 0 atom stereocenters. The van der Waals surface area contributed by atoms with E-state index < -0.39 is 6.43 Å². The molecule has 1 fully saturated rings. The van der Waals surface area contributed by atoms with Crippen LogP contribution in [0.25, 0.3) is 0 Å². The molecule has 7 heteroatoms. The normalized spacial score (nSPS) is 15.7. The van der Waals surface area contributed by atoms with Crippen LogP contribution in [0.15, 0.2) is 30.3 Å². The number of hydrogen-bond donors (Lipinski definition) is 0. The molecule has 0 aliphatic carbocycles. The summed E-state index contributed by atoms with van der Waals surface area (Å²) in [6.07, 6.45) is -2.62. The summed E-state index contributed by atoms with van der Waals surface area (Å²) in [6.45, 7) is 7.59. The Hall–Kier alpha value is -2.28. The van der Waals surface area contributed by atoms with E-state index in [9.17, 15) is 13.6 Å². The fraction of sp³-hybridized carbons (Fsp3) is 0.474. The number of halogens is 2. The summed E-state index contributed by atoms with van der Waals surface area (Å²) in [5.41, 5.74) is 2.87. The molecule has 1 aromatic carbocycles. The van der Waals surface area contributed by atoms with Crippen LogP contribution in [0.3, 0.4) is 0 Å². The molecule has 1 aliphatic rings. The number of carbonyl (C=O) groups excluding carboxylic acids is 1. The lowest BCUT2D eigenvalue weighted by molar-refractivity contribution is -0.133. The number of carbonyl (C=O) groups is 1. The number of alkyl halides is 2. The van der Waals surface area contributed by atoms with Crippen LogP contribution in [0.4, 0.5) is 8.78 Å². The maximum Gasteiger partial charge on any atom is 0.282 e. The summed E-state index contributed by atoms with van der Waals surface area (Å²) in [4.78, 5) is 16.6. The second-order valence-electron chi connectivity index (χ2n) is 6.75. The van der Waals surface area contributed by atoms with Gasteiger partial charge in [-0.05, 0) is 31.0 Å². The zero-order chi connectivity index (χ0) is 18.7. The van der Waals surface area contributed by atoms with Crippen molar-refractivity contribution in [2.45, 2.75) is 33.4 Å².